The van der Waals surface area contributed by atoms with Crippen LogP contribution in [0.15, 0.2) is 40.9 Å². The van der Waals surface area contributed by atoms with Crippen LogP contribution in [-0.2, 0) is 0 Å². The lowest BCUT2D eigenvalue weighted by molar-refractivity contribution is 0.102. The summed E-state index contributed by atoms with van der Waals surface area (Å²) in [5.74, 6) is -1.24. The molecule has 0 radical (unpaired) electrons. The SMILES string of the molecule is Nc1ccc(C(=O)Nc2cccc(Cl)c2Br)c(F)c1. The van der Waals surface area contributed by atoms with Gasteiger partial charge in [0.2, 0.25) is 0 Å². The standard InChI is InChI=1S/C13H9BrClFN2O/c14-12-9(15)2-1-3-11(12)18-13(19)8-5-4-7(17)6-10(8)16/h1-6H,17H2,(H,18,19). The van der Waals surface area contributed by atoms with E-state index in [2.05, 4.69) is 21.2 Å². The highest BCUT2D eigenvalue weighted by Gasteiger charge is 2.14. The first-order valence-electron chi connectivity index (χ1n) is 5.29. The Morgan fingerprint density at radius 2 is 2.05 bits per heavy atom. The predicted octanol–water partition coefficient (Wildman–Crippen LogP) is 4.08. The van der Waals surface area contributed by atoms with Crippen LogP contribution in [0.1, 0.15) is 10.4 Å². The molecular formula is C13H9BrClFN2O. The minimum Gasteiger partial charge on any atom is -0.399 e. The van der Waals surface area contributed by atoms with Crippen molar-refractivity contribution < 1.29 is 9.18 Å². The molecule has 0 bridgehead atoms. The van der Waals surface area contributed by atoms with Crippen molar-refractivity contribution in [1.82, 2.24) is 0 Å². The molecule has 0 aliphatic rings. The molecular weight excluding hydrogens is 335 g/mol. The van der Waals surface area contributed by atoms with Crippen molar-refractivity contribution in [3.63, 3.8) is 0 Å². The van der Waals surface area contributed by atoms with E-state index < -0.39 is 11.7 Å². The zero-order valence-electron chi connectivity index (χ0n) is 9.58. The van der Waals surface area contributed by atoms with Crippen molar-refractivity contribution in [1.29, 1.82) is 0 Å². The quantitative estimate of drug-likeness (QED) is 0.807. The van der Waals surface area contributed by atoms with Gasteiger partial charge in [0.1, 0.15) is 5.82 Å². The van der Waals surface area contributed by atoms with E-state index in [1.807, 2.05) is 0 Å². The smallest absolute Gasteiger partial charge is 0.258 e. The van der Waals surface area contributed by atoms with Crippen LogP contribution in [0.2, 0.25) is 5.02 Å². The molecule has 0 heterocycles. The van der Waals surface area contributed by atoms with E-state index in [1.54, 1.807) is 18.2 Å². The van der Waals surface area contributed by atoms with Crippen LogP contribution >= 0.6 is 27.5 Å². The van der Waals surface area contributed by atoms with E-state index in [-0.39, 0.29) is 11.3 Å². The molecule has 3 N–H and O–H groups in total. The highest BCUT2D eigenvalue weighted by Crippen LogP contribution is 2.30. The van der Waals surface area contributed by atoms with Gasteiger partial charge in [-0.25, -0.2) is 4.39 Å². The fourth-order valence-corrected chi connectivity index (χ4v) is 2.04. The molecule has 0 aliphatic carbocycles. The van der Waals surface area contributed by atoms with Gasteiger partial charge in [-0.15, -0.1) is 0 Å². The normalized spacial score (nSPS) is 10.3. The number of rotatable bonds is 2. The first-order valence-corrected chi connectivity index (χ1v) is 6.46. The second-order valence-corrected chi connectivity index (χ2v) is 4.99. The largest absolute Gasteiger partial charge is 0.399 e. The minimum atomic E-state index is -0.671. The monoisotopic (exact) mass is 342 g/mol. The van der Waals surface area contributed by atoms with Crippen molar-refractivity contribution in [2.75, 3.05) is 11.1 Å². The Labute approximate surface area is 122 Å². The first kappa shape index (κ1) is 13.8. The Balaban J connectivity index is 2.28. The molecule has 0 fully saturated rings. The van der Waals surface area contributed by atoms with Gasteiger partial charge in [0, 0.05) is 5.69 Å². The van der Waals surface area contributed by atoms with Crippen LogP contribution in [0.3, 0.4) is 0 Å². The maximum absolute atomic E-state index is 13.6. The van der Waals surface area contributed by atoms with Gasteiger partial charge in [-0.2, -0.15) is 0 Å². The third kappa shape index (κ3) is 3.05. The molecule has 0 saturated heterocycles. The van der Waals surface area contributed by atoms with Gasteiger partial charge in [-0.3, -0.25) is 4.79 Å². The molecule has 6 heteroatoms. The molecule has 2 aromatic carbocycles. The fourth-order valence-electron chi connectivity index (χ4n) is 1.51. The lowest BCUT2D eigenvalue weighted by Crippen LogP contribution is -2.14. The Kier molecular flexibility index (Phi) is 4.07. The van der Waals surface area contributed by atoms with Crippen molar-refractivity contribution in [2.24, 2.45) is 0 Å². The fraction of sp³-hybridized carbons (Fsp3) is 0. The summed E-state index contributed by atoms with van der Waals surface area (Å²) in [6, 6.07) is 8.90. The van der Waals surface area contributed by atoms with Crippen molar-refractivity contribution in [3.05, 3.63) is 57.3 Å². The second kappa shape index (κ2) is 5.59. The van der Waals surface area contributed by atoms with Gasteiger partial charge in [-0.05, 0) is 46.3 Å². The number of anilines is 2. The highest BCUT2D eigenvalue weighted by molar-refractivity contribution is 9.10. The number of halogens is 3. The summed E-state index contributed by atoms with van der Waals surface area (Å²) in [4.78, 5) is 12.0. The van der Waals surface area contributed by atoms with Gasteiger partial charge in [0.25, 0.3) is 5.91 Å². The summed E-state index contributed by atoms with van der Waals surface area (Å²) in [7, 11) is 0. The van der Waals surface area contributed by atoms with Crippen LogP contribution in [0.25, 0.3) is 0 Å². The number of carbonyl (C=O) groups excluding carboxylic acids is 1. The molecule has 0 atom stereocenters. The number of hydrogen-bond acceptors (Lipinski definition) is 2. The lowest BCUT2D eigenvalue weighted by atomic mass is 10.1. The molecule has 0 aliphatic heterocycles. The molecule has 98 valence electrons. The Bertz CT molecular complexity index is 649. The number of amides is 1. The number of benzene rings is 2. The van der Waals surface area contributed by atoms with E-state index in [9.17, 15) is 9.18 Å². The van der Waals surface area contributed by atoms with Crippen LogP contribution in [0, 0.1) is 5.82 Å². The third-order valence-electron chi connectivity index (χ3n) is 2.44. The predicted molar refractivity (Wildman–Crippen MR) is 77.9 cm³/mol. The van der Waals surface area contributed by atoms with Crippen LogP contribution in [-0.4, -0.2) is 5.91 Å². The average Bonchev–Trinajstić information content (AvgIpc) is 2.34. The maximum Gasteiger partial charge on any atom is 0.258 e. The van der Waals surface area contributed by atoms with Gasteiger partial charge in [-0.1, -0.05) is 17.7 Å². The maximum atomic E-state index is 13.6. The molecule has 19 heavy (non-hydrogen) atoms. The number of nitrogen functional groups attached to an aromatic ring is 1. The van der Waals surface area contributed by atoms with Gasteiger partial charge in [0.15, 0.2) is 0 Å². The Hall–Kier alpha value is -1.59. The Morgan fingerprint density at radius 1 is 1.32 bits per heavy atom. The lowest BCUT2D eigenvalue weighted by Gasteiger charge is -2.09. The van der Waals surface area contributed by atoms with Gasteiger partial charge < -0.3 is 11.1 Å². The molecule has 0 saturated carbocycles. The van der Waals surface area contributed by atoms with E-state index in [4.69, 9.17) is 17.3 Å². The van der Waals surface area contributed by atoms with E-state index >= 15 is 0 Å². The summed E-state index contributed by atoms with van der Waals surface area (Å²) < 4.78 is 14.1. The van der Waals surface area contributed by atoms with E-state index in [1.165, 1.54) is 12.1 Å². The number of nitrogens with two attached hydrogens (primary N) is 1. The number of hydrogen-bond donors (Lipinski definition) is 2. The van der Waals surface area contributed by atoms with Crippen LogP contribution in [0.5, 0.6) is 0 Å². The second-order valence-electron chi connectivity index (χ2n) is 3.79. The van der Waals surface area contributed by atoms with Crippen molar-refractivity contribution in [3.8, 4) is 0 Å². The highest BCUT2D eigenvalue weighted by atomic mass is 79.9. The average molecular weight is 344 g/mol. The van der Waals surface area contributed by atoms with E-state index in [0.29, 0.717) is 15.2 Å². The zero-order valence-corrected chi connectivity index (χ0v) is 11.9. The summed E-state index contributed by atoms with van der Waals surface area (Å²) in [6.45, 7) is 0. The molecule has 2 rings (SSSR count). The number of carbonyl (C=O) groups is 1. The molecule has 2 aromatic rings. The number of nitrogens with one attached hydrogen (secondary N) is 1. The summed E-state index contributed by atoms with van der Waals surface area (Å²) >= 11 is 9.16. The Morgan fingerprint density at radius 3 is 2.74 bits per heavy atom. The van der Waals surface area contributed by atoms with Gasteiger partial charge >= 0.3 is 0 Å². The van der Waals surface area contributed by atoms with Gasteiger partial charge in [0.05, 0.1) is 20.7 Å². The molecule has 0 spiro atoms. The molecule has 1 amide bonds. The molecule has 0 unspecified atom stereocenters. The van der Waals surface area contributed by atoms with Crippen LogP contribution < -0.4 is 11.1 Å². The zero-order chi connectivity index (χ0) is 14.0. The molecule has 0 aromatic heterocycles. The summed E-state index contributed by atoms with van der Waals surface area (Å²) in [5.41, 5.74) is 6.07. The minimum absolute atomic E-state index is 0.0823. The molecule has 3 nitrogen and oxygen atoms in total. The summed E-state index contributed by atoms with van der Waals surface area (Å²) in [5, 5.41) is 3.03. The van der Waals surface area contributed by atoms with Crippen LogP contribution in [0.4, 0.5) is 15.8 Å². The van der Waals surface area contributed by atoms with Crippen molar-refractivity contribution in [2.45, 2.75) is 0 Å². The van der Waals surface area contributed by atoms with E-state index in [0.717, 1.165) is 6.07 Å². The third-order valence-corrected chi connectivity index (χ3v) is 3.84. The van der Waals surface area contributed by atoms with Crippen molar-refractivity contribution >= 4 is 44.8 Å². The topological polar surface area (TPSA) is 55.1 Å². The summed E-state index contributed by atoms with van der Waals surface area (Å²) in [6.07, 6.45) is 0. The first-order chi connectivity index (χ1) is 8.99.